The van der Waals surface area contributed by atoms with Crippen LogP contribution in [0.1, 0.15) is 191 Å². The zero-order valence-electron chi connectivity index (χ0n) is 31.1. The highest BCUT2D eigenvalue weighted by Gasteiger charge is 2.41. The number of H-pyrrole nitrogens is 1. The highest BCUT2D eigenvalue weighted by molar-refractivity contribution is 5.32. The molecule has 0 fully saturated rings. The first-order valence-corrected chi connectivity index (χ1v) is 20.3. The third-order valence-electron chi connectivity index (χ3n) is 10.8. The molecule has 0 radical (unpaired) electrons. The van der Waals surface area contributed by atoms with Crippen molar-refractivity contribution in [1.82, 2.24) is 4.98 Å². The predicted octanol–water partition coefficient (Wildman–Crippen LogP) is 13.6. The van der Waals surface area contributed by atoms with Gasteiger partial charge in [0.1, 0.15) is 12.4 Å². The van der Waals surface area contributed by atoms with E-state index in [9.17, 15) is 0 Å². The minimum Gasteiger partial charge on any atom is -0.247 e. The van der Waals surface area contributed by atoms with E-state index in [1.54, 1.807) is 0 Å². The third kappa shape index (κ3) is 15.2. The number of hydrogen-bond donors (Lipinski definition) is 1. The van der Waals surface area contributed by atoms with Gasteiger partial charge < -0.3 is 0 Å². The van der Waals surface area contributed by atoms with Crippen molar-refractivity contribution >= 4 is 0 Å². The maximum atomic E-state index is 3.81. The SMILES string of the molecule is CCCCCCCCCCCCCCC(c1[nH]cc[n+]1CCCCCCCCCCCC)C(C)(Cc1ccccc1)c1ccccc1. The Kier molecular flexibility index (Phi) is 20.6. The van der Waals surface area contributed by atoms with Crippen LogP contribution in [0.2, 0.25) is 0 Å². The van der Waals surface area contributed by atoms with Gasteiger partial charge in [-0.15, -0.1) is 0 Å². The van der Waals surface area contributed by atoms with Crippen molar-refractivity contribution in [1.29, 1.82) is 0 Å². The van der Waals surface area contributed by atoms with Crippen LogP contribution in [0.15, 0.2) is 73.1 Å². The Hall–Kier alpha value is -2.35. The van der Waals surface area contributed by atoms with Crippen molar-refractivity contribution in [3.63, 3.8) is 0 Å². The summed E-state index contributed by atoms with van der Waals surface area (Å²) in [7, 11) is 0. The molecule has 0 aliphatic rings. The molecular formula is C45H73N2+. The number of unbranched alkanes of at least 4 members (excludes halogenated alkanes) is 20. The number of aromatic amines is 1. The Morgan fingerprint density at radius 3 is 1.51 bits per heavy atom. The van der Waals surface area contributed by atoms with Crippen molar-refractivity contribution in [3.8, 4) is 0 Å². The van der Waals surface area contributed by atoms with Gasteiger partial charge in [-0.2, -0.15) is 0 Å². The quantitative estimate of drug-likeness (QED) is 0.0575. The van der Waals surface area contributed by atoms with E-state index in [0.717, 1.165) is 13.0 Å². The second-order valence-electron chi connectivity index (χ2n) is 14.9. The third-order valence-corrected chi connectivity index (χ3v) is 10.8. The van der Waals surface area contributed by atoms with Gasteiger partial charge in [0.05, 0.1) is 12.5 Å². The van der Waals surface area contributed by atoms with Crippen LogP contribution in [-0.4, -0.2) is 4.98 Å². The molecule has 0 saturated carbocycles. The van der Waals surface area contributed by atoms with Gasteiger partial charge in [0, 0.05) is 5.41 Å². The standard InChI is InChI=1S/C45H72N2/c1-4-6-8-10-12-14-16-17-18-20-22-30-36-43(45(3,42-34-28-25-29-35-42)40-41-32-26-24-27-33-41)44-46-37-39-47(44)38-31-23-21-19-15-13-11-9-7-5-2/h24-29,32-35,37,39,43H,4-23,30-31,36,38,40H2,1-3H3/p+1. The van der Waals surface area contributed by atoms with E-state index in [2.05, 4.69) is 103 Å². The Morgan fingerprint density at radius 1 is 0.553 bits per heavy atom. The molecule has 1 heterocycles. The lowest BCUT2D eigenvalue weighted by molar-refractivity contribution is -0.705. The largest absolute Gasteiger partial charge is 0.258 e. The molecule has 262 valence electrons. The Labute approximate surface area is 291 Å². The van der Waals surface area contributed by atoms with Crippen molar-refractivity contribution in [2.75, 3.05) is 0 Å². The Balaban J connectivity index is 1.62. The normalized spacial score (nSPS) is 13.5. The number of aryl methyl sites for hydroxylation is 1. The van der Waals surface area contributed by atoms with Gasteiger partial charge in [0.25, 0.3) is 5.82 Å². The first-order chi connectivity index (χ1) is 23.2. The van der Waals surface area contributed by atoms with Gasteiger partial charge in [-0.25, -0.2) is 9.55 Å². The van der Waals surface area contributed by atoms with Crippen molar-refractivity contribution < 1.29 is 4.57 Å². The van der Waals surface area contributed by atoms with Gasteiger partial charge in [-0.1, -0.05) is 210 Å². The molecule has 2 unspecified atom stereocenters. The fourth-order valence-electron chi connectivity index (χ4n) is 7.85. The molecule has 2 heteroatoms. The van der Waals surface area contributed by atoms with Gasteiger partial charge in [-0.05, 0) is 36.8 Å². The van der Waals surface area contributed by atoms with Crippen LogP contribution in [0, 0.1) is 0 Å². The van der Waals surface area contributed by atoms with Crippen molar-refractivity contribution in [3.05, 3.63) is 90.0 Å². The molecule has 0 aliphatic heterocycles. The maximum Gasteiger partial charge on any atom is 0.258 e. The topological polar surface area (TPSA) is 19.7 Å². The van der Waals surface area contributed by atoms with Gasteiger partial charge in [0.2, 0.25) is 0 Å². The molecule has 3 aromatic rings. The molecule has 2 nitrogen and oxygen atoms in total. The van der Waals surface area contributed by atoms with Crippen LogP contribution in [0.25, 0.3) is 0 Å². The second-order valence-corrected chi connectivity index (χ2v) is 14.9. The van der Waals surface area contributed by atoms with Crippen LogP contribution in [0.5, 0.6) is 0 Å². The summed E-state index contributed by atoms with van der Waals surface area (Å²) in [6.45, 7) is 8.29. The second kappa shape index (κ2) is 24.7. The van der Waals surface area contributed by atoms with E-state index in [1.165, 1.54) is 165 Å². The number of rotatable bonds is 29. The molecule has 2 atom stereocenters. The van der Waals surface area contributed by atoms with Crippen LogP contribution >= 0.6 is 0 Å². The average Bonchev–Trinajstić information content (AvgIpc) is 3.56. The van der Waals surface area contributed by atoms with E-state index < -0.39 is 0 Å². The predicted molar refractivity (Wildman–Crippen MR) is 205 cm³/mol. The van der Waals surface area contributed by atoms with E-state index >= 15 is 0 Å². The molecule has 0 saturated heterocycles. The fourth-order valence-corrected chi connectivity index (χ4v) is 7.85. The van der Waals surface area contributed by atoms with Gasteiger partial charge in [-0.3, -0.25) is 0 Å². The molecule has 1 aromatic heterocycles. The summed E-state index contributed by atoms with van der Waals surface area (Å²) < 4.78 is 2.59. The molecule has 0 aliphatic carbocycles. The summed E-state index contributed by atoms with van der Waals surface area (Å²) >= 11 is 0. The van der Waals surface area contributed by atoms with Crippen LogP contribution < -0.4 is 4.57 Å². The number of hydrogen-bond acceptors (Lipinski definition) is 0. The number of aromatic nitrogens is 2. The fraction of sp³-hybridized carbons (Fsp3) is 0.667. The first-order valence-electron chi connectivity index (χ1n) is 20.3. The summed E-state index contributed by atoms with van der Waals surface area (Å²) in [5, 5.41) is 0. The maximum absolute atomic E-state index is 3.81. The number of nitrogens with one attached hydrogen (secondary N) is 1. The molecule has 47 heavy (non-hydrogen) atoms. The summed E-state index contributed by atoms with van der Waals surface area (Å²) in [5.41, 5.74) is 2.91. The minimum absolute atomic E-state index is 0.00473. The van der Waals surface area contributed by atoms with Crippen LogP contribution in [0.4, 0.5) is 0 Å². The van der Waals surface area contributed by atoms with Crippen LogP contribution in [-0.2, 0) is 18.4 Å². The van der Waals surface area contributed by atoms with Crippen molar-refractivity contribution in [2.45, 2.75) is 193 Å². The van der Waals surface area contributed by atoms with E-state index in [1.807, 2.05) is 0 Å². The lowest BCUT2D eigenvalue weighted by atomic mass is 9.66. The summed E-state index contributed by atoms with van der Waals surface area (Å²) in [4.78, 5) is 3.81. The zero-order chi connectivity index (χ0) is 33.3. The molecule has 1 N–H and O–H groups in total. The van der Waals surface area contributed by atoms with E-state index in [4.69, 9.17) is 0 Å². The summed E-state index contributed by atoms with van der Waals surface area (Å²) in [6, 6.07) is 22.6. The molecular weight excluding hydrogens is 569 g/mol. The lowest BCUT2D eigenvalue weighted by Gasteiger charge is -2.37. The number of benzene rings is 2. The minimum atomic E-state index is 0.00473. The van der Waals surface area contributed by atoms with Crippen molar-refractivity contribution in [2.24, 2.45) is 0 Å². The monoisotopic (exact) mass is 642 g/mol. The smallest absolute Gasteiger partial charge is 0.247 e. The molecule has 3 rings (SSSR count). The Morgan fingerprint density at radius 2 is 1.00 bits per heavy atom. The van der Waals surface area contributed by atoms with Crippen LogP contribution in [0.3, 0.4) is 0 Å². The van der Waals surface area contributed by atoms with E-state index in [0.29, 0.717) is 5.92 Å². The lowest BCUT2D eigenvalue weighted by Crippen LogP contribution is -2.43. The highest BCUT2D eigenvalue weighted by Crippen LogP contribution is 2.43. The molecule has 0 spiro atoms. The average molecular weight is 642 g/mol. The van der Waals surface area contributed by atoms with E-state index in [-0.39, 0.29) is 5.41 Å². The van der Waals surface area contributed by atoms with Gasteiger partial charge in [0.15, 0.2) is 0 Å². The Bertz CT molecular complexity index is 1120. The highest BCUT2D eigenvalue weighted by atomic mass is 15.1. The number of nitrogens with zero attached hydrogens (tertiary/aromatic N) is 1. The molecule has 0 bridgehead atoms. The summed E-state index contributed by atoms with van der Waals surface area (Å²) in [6.07, 6.45) is 37.5. The number of imidazole rings is 1. The summed E-state index contributed by atoms with van der Waals surface area (Å²) in [5.74, 6) is 1.87. The zero-order valence-corrected chi connectivity index (χ0v) is 31.1. The molecule has 0 amide bonds. The molecule has 2 aromatic carbocycles. The first kappa shape index (κ1) is 39.1. The van der Waals surface area contributed by atoms with Gasteiger partial charge >= 0.3 is 0 Å².